The molecule has 3 atom stereocenters. The van der Waals surface area contributed by atoms with Crippen molar-refractivity contribution in [1.29, 1.82) is 10.7 Å². The van der Waals surface area contributed by atoms with Crippen molar-refractivity contribution in [3.05, 3.63) is 76.7 Å². The molecule has 2 aromatic rings. The molecule has 5 N–H and O–H groups in total. The molecular formula is C24H26FN5O2. The summed E-state index contributed by atoms with van der Waals surface area (Å²) in [5, 5.41) is 31.2. The number of carbonyl (C=O) groups is 1. The van der Waals surface area contributed by atoms with Crippen LogP contribution in [0.25, 0.3) is 0 Å². The van der Waals surface area contributed by atoms with Crippen LogP contribution >= 0.6 is 0 Å². The van der Waals surface area contributed by atoms with Crippen LogP contribution in [-0.2, 0) is 0 Å². The Kier molecular flexibility index (Phi) is 6.91. The standard InChI is InChI=1S/C24H26FN5O2/c1-14(2)13-30-22(16(11-27)12-28)21(18-5-3-4-6-19(18)24(30)32)23(31)29-17-7-8-20(25)15(9-17)10-26/h3-9,11-12,14,21-23,27,29,31H,13,28H2,1-2H3/b16-12+,27-11?/t21-,22+,23?/m0/s1. The summed E-state index contributed by atoms with van der Waals surface area (Å²) in [6, 6.07) is 12.0. The number of benzene rings is 2. The maximum absolute atomic E-state index is 13.7. The van der Waals surface area contributed by atoms with E-state index in [0.29, 0.717) is 28.9 Å². The van der Waals surface area contributed by atoms with E-state index in [-0.39, 0.29) is 17.4 Å². The molecule has 1 aliphatic rings. The van der Waals surface area contributed by atoms with Crippen LogP contribution in [0.5, 0.6) is 0 Å². The smallest absolute Gasteiger partial charge is 0.254 e. The van der Waals surface area contributed by atoms with Gasteiger partial charge in [-0.15, -0.1) is 0 Å². The van der Waals surface area contributed by atoms with Gasteiger partial charge in [-0.3, -0.25) is 4.79 Å². The van der Waals surface area contributed by atoms with Crippen molar-refractivity contribution in [2.24, 2.45) is 11.7 Å². The van der Waals surface area contributed by atoms with Crippen molar-refractivity contribution in [3.8, 4) is 6.07 Å². The van der Waals surface area contributed by atoms with Gasteiger partial charge in [-0.05, 0) is 35.7 Å². The van der Waals surface area contributed by atoms with Crippen LogP contribution in [0.2, 0.25) is 0 Å². The van der Waals surface area contributed by atoms with Crippen molar-refractivity contribution in [2.75, 3.05) is 11.9 Å². The number of nitrogens with zero attached hydrogens (tertiary/aromatic N) is 2. The number of aliphatic hydroxyl groups is 1. The Labute approximate surface area is 186 Å². The monoisotopic (exact) mass is 435 g/mol. The fraction of sp³-hybridized carbons (Fsp3) is 0.292. The number of hydrogen-bond acceptors (Lipinski definition) is 6. The van der Waals surface area contributed by atoms with Crippen molar-refractivity contribution >= 4 is 17.8 Å². The van der Waals surface area contributed by atoms with Crippen molar-refractivity contribution in [3.63, 3.8) is 0 Å². The normalized spacial score (nSPS) is 19.3. The van der Waals surface area contributed by atoms with Crippen molar-refractivity contribution in [2.45, 2.75) is 32.0 Å². The van der Waals surface area contributed by atoms with Gasteiger partial charge in [-0.2, -0.15) is 5.26 Å². The average Bonchev–Trinajstić information content (AvgIpc) is 2.78. The molecule has 0 spiro atoms. The number of halogens is 1. The molecule has 1 amide bonds. The van der Waals surface area contributed by atoms with Crippen LogP contribution in [0.4, 0.5) is 10.1 Å². The van der Waals surface area contributed by atoms with Gasteiger partial charge in [0, 0.05) is 35.8 Å². The zero-order valence-corrected chi connectivity index (χ0v) is 17.9. The first-order valence-corrected chi connectivity index (χ1v) is 10.3. The minimum atomic E-state index is -1.23. The van der Waals surface area contributed by atoms with E-state index < -0.39 is 24.0 Å². The molecule has 2 aromatic carbocycles. The van der Waals surface area contributed by atoms with Crippen LogP contribution in [0.15, 0.2) is 54.2 Å². The Balaban J connectivity index is 2.12. The van der Waals surface area contributed by atoms with Gasteiger partial charge < -0.3 is 26.5 Å². The number of carbonyl (C=O) groups excluding carboxylic acids is 1. The Morgan fingerprint density at radius 3 is 2.72 bits per heavy atom. The SMILES string of the molecule is CC(C)CN1C(=O)c2ccccc2[C@H](C(O)Nc2ccc(F)c(C#N)c2)[C@H]1/C(C=N)=C/N. The largest absolute Gasteiger partial charge is 0.404 e. The third-order valence-corrected chi connectivity index (χ3v) is 5.49. The van der Waals surface area contributed by atoms with Crippen LogP contribution in [0.3, 0.4) is 0 Å². The van der Waals surface area contributed by atoms with Crippen molar-refractivity contribution in [1.82, 2.24) is 4.90 Å². The molecule has 0 radical (unpaired) electrons. The Bertz CT molecular complexity index is 1090. The van der Waals surface area contributed by atoms with E-state index in [0.717, 1.165) is 12.3 Å². The first kappa shape index (κ1) is 23.0. The summed E-state index contributed by atoms with van der Waals surface area (Å²) in [6.07, 6.45) is 1.14. The first-order chi connectivity index (χ1) is 15.3. The predicted octanol–water partition coefficient (Wildman–Crippen LogP) is 3.18. The lowest BCUT2D eigenvalue weighted by Crippen LogP contribution is -2.54. The van der Waals surface area contributed by atoms with Gasteiger partial charge in [0.15, 0.2) is 0 Å². The summed E-state index contributed by atoms with van der Waals surface area (Å²) in [7, 11) is 0. The number of amides is 1. The van der Waals surface area contributed by atoms with E-state index in [9.17, 15) is 14.3 Å². The fourth-order valence-corrected chi connectivity index (χ4v) is 4.14. The predicted molar refractivity (Wildman–Crippen MR) is 121 cm³/mol. The minimum absolute atomic E-state index is 0.137. The van der Waals surface area contributed by atoms with Gasteiger partial charge in [0.1, 0.15) is 18.1 Å². The highest BCUT2D eigenvalue weighted by atomic mass is 19.1. The Morgan fingerprint density at radius 1 is 1.38 bits per heavy atom. The van der Waals surface area contributed by atoms with E-state index in [1.165, 1.54) is 18.3 Å². The lowest BCUT2D eigenvalue weighted by Gasteiger charge is -2.45. The molecule has 1 heterocycles. The molecule has 0 saturated heterocycles. The molecule has 3 rings (SSSR count). The number of anilines is 1. The summed E-state index contributed by atoms with van der Waals surface area (Å²) in [4.78, 5) is 15.0. The van der Waals surface area contributed by atoms with Crippen LogP contribution in [0, 0.1) is 28.5 Å². The minimum Gasteiger partial charge on any atom is -0.404 e. The highest BCUT2D eigenvalue weighted by molar-refractivity contribution is 5.99. The van der Waals surface area contributed by atoms with Gasteiger partial charge >= 0.3 is 0 Å². The molecule has 0 bridgehead atoms. The van der Waals surface area contributed by atoms with E-state index >= 15 is 0 Å². The van der Waals surface area contributed by atoms with Gasteiger partial charge in [-0.1, -0.05) is 32.0 Å². The number of nitriles is 1. The van der Waals surface area contributed by atoms with Gasteiger partial charge in [-0.25, -0.2) is 4.39 Å². The summed E-state index contributed by atoms with van der Waals surface area (Å²) in [5.41, 5.74) is 7.48. The average molecular weight is 436 g/mol. The summed E-state index contributed by atoms with van der Waals surface area (Å²) in [6.45, 7) is 4.36. The fourth-order valence-electron chi connectivity index (χ4n) is 4.14. The van der Waals surface area contributed by atoms with E-state index in [4.69, 9.17) is 16.4 Å². The van der Waals surface area contributed by atoms with Crippen molar-refractivity contribution < 1.29 is 14.3 Å². The van der Waals surface area contributed by atoms with Gasteiger partial charge in [0.05, 0.1) is 17.5 Å². The topological polar surface area (TPSA) is 126 Å². The van der Waals surface area contributed by atoms with Crippen LogP contribution in [-0.4, -0.2) is 40.9 Å². The molecule has 1 unspecified atom stereocenters. The molecule has 0 fully saturated rings. The summed E-state index contributed by atoms with van der Waals surface area (Å²) < 4.78 is 13.7. The molecule has 0 aromatic heterocycles. The summed E-state index contributed by atoms with van der Waals surface area (Å²) in [5.74, 6) is -1.39. The van der Waals surface area contributed by atoms with E-state index in [2.05, 4.69) is 5.32 Å². The molecule has 1 aliphatic heterocycles. The highest BCUT2D eigenvalue weighted by Gasteiger charge is 2.44. The van der Waals surface area contributed by atoms with E-state index in [1.54, 1.807) is 35.2 Å². The van der Waals surface area contributed by atoms with Crippen LogP contribution in [0.1, 0.15) is 41.3 Å². The number of nitrogens with two attached hydrogens (primary N) is 1. The Morgan fingerprint density at radius 2 is 2.09 bits per heavy atom. The maximum Gasteiger partial charge on any atom is 0.254 e. The quantitative estimate of drug-likeness (QED) is 0.392. The second kappa shape index (κ2) is 9.62. The number of nitrogens with one attached hydrogen (secondary N) is 2. The number of rotatable bonds is 7. The highest BCUT2D eigenvalue weighted by Crippen LogP contribution is 2.39. The third kappa shape index (κ3) is 4.34. The third-order valence-electron chi connectivity index (χ3n) is 5.49. The van der Waals surface area contributed by atoms with Gasteiger partial charge in [0.25, 0.3) is 5.91 Å². The second-order valence-corrected chi connectivity index (χ2v) is 8.12. The van der Waals surface area contributed by atoms with Gasteiger partial charge in [0.2, 0.25) is 0 Å². The lowest BCUT2D eigenvalue weighted by molar-refractivity contribution is 0.0521. The number of hydrogen-bond donors (Lipinski definition) is 4. The Hall–Kier alpha value is -3.70. The first-order valence-electron chi connectivity index (χ1n) is 10.3. The second-order valence-electron chi connectivity index (χ2n) is 8.12. The molecular weight excluding hydrogens is 409 g/mol. The zero-order chi connectivity index (χ0) is 23.4. The molecule has 32 heavy (non-hydrogen) atoms. The lowest BCUT2D eigenvalue weighted by atomic mass is 9.78. The molecule has 8 heteroatoms. The van der Waals surface area contributed by atoms with E-state index in [1.807, 2.05) is 13.8 Å². The number of fused-ring (bicyclic) bond motifs is 1. The summed E-state index contributed by atoms with van der Waals surface area (Å²) >= 11 is 0. The van der Waals surface area contributed by atoms with Crippen LogP contribution < -0.4 is 11.1 Å². The maximum atomic E-state index is 13.7. The molecule has 0 aliphatic carbocycles. The molecule has 0 saturated carbocycles. The molecule has 166 valence electrons. The number of aliphatic hydroxyl groups excluding tert-OH is 1. The zero-order valence-electron chi connectivity index (χ0n) is 17.9. The molecule has 7 nitrogen and oxygen atoms in total.